The van der Waals surface area contributed by atoms with Crippen molar-refractivity contribution < 1.29 is 28.5 Å². The summed E-state index contributed by atoms with van der Waals surface area (Å²) in [7, 11) is 0. The largest absolute Gasteiger partial charge is 0.494 e. The van der Waals surface area contributed by atoms with Crippen LogP contribution in [0.3, 0.4) is 0 Å². The maximum Gasteiger partial charge on any atom is 0.326 e. The third kappa shape index (κ3) is 5.36. The van der Waals surface area contributed by atoms with E-state index in [1.54, 1.807) is 29.7 Å². The van der Waals surface area contributed by atoms with Gasteiger partial charge in [0.1, 0.15) is 25.5 Å². The minimum Gasteiger partial charge on any atom is -0.494 e. The first-order chi connectivity index (χ1) is 16.1. The SMILES string of the molecule is CCCCOc1cccc(C(=O)N=c2sc3cc4c(cc3n2CC(=O)OCC)OCCO4)c1. The lowest BCUT2D eigenvalue weighted by atomic mass is 10.2. The lowest BCUT2D eigenvalue weighted by Crippen LogP contribution is -2.23. The molecule has 33 heavy (non-hydrogen) atoms. The zero-order valence-electron chi connectivity index (χ0n) is 18.7. The summed E-state index contributed by atoms with van der Waals surface area (Å²) < 4.78 is 24.7. The fourth-order valence-corrected chi connectivity index (χ4v) is 4.42. The predicted molar refractivity (Wildman–Crippen MR) is 124 cm³/mol. The van der Waals surface area contributed by atoms with Crippen molar-refractivity contribution in [1.82, 2.24) is 4.57 Å². The molecule has 1 amide bonds. The van der Waals surface area contributed by atoms with Gasteiger partial charge in [-0.05, 0) is 31.5 Å². The van der Waals surface area contributed by atoms with Gasteiger partial charge in [0.25, 0.3) is 5.91 Å². The van der Waals surface area contributed by atoms with Gasteiger partial charge in [0.05, 0.1) is 23.4 Å². The molecule has 2 aromatic carbocycles. The number of carbonyl (C=O) groups excluding carboxylic acids is 2. The van der Waals surface area contributed by atoms with Crippen molar-refractivity contribution in [2.24, 2.45) is 4.99 Å². The molecule has 0 atom stereocenters. The van der Waals surface area contributed by atoms with Gasteiger partial charge in [-0.2, -0.15) is 4.99 Å². The Morgan fingerprint density at radius 1 is 1.12 bits per heavy atom. The summed E-state index contributed by atoms with van der Waals surface area (Å²) in [6.45, 7) is 5.55. The van der Waals surface area contributed by atoms with Crippen molar-refractivity contribution >= 4 is 33.4 Å². The first kappa shape index (κ1) is 22.8. The number of carbonyl (C=O) groups is 2. The summed E-state index contributed by atoms with van der Waals surface area (Å²) >= 11 is 1.30. The van der Waals surface area contributed by atoms with Crippen LogP contribution in [0.2, 0.25) is 0 Å². The highest BCUT2D eigenvalue weighted by Gasteiger charge is 2.19. The fraction of sp³-hybridized carbons (Fsp3) is 0.375. The average Bonchev–Trinajstić information content (AvgIpc) is 3.13. The van der Waals surface area contributed by atoms with Gasteiger partial charge in [0, 0.05) is 17.7 Å². The van der Waals surface area contributed by atoms with E-state index in [-0.39, 0.29) is 13.2 Å². The lowest BCUT2D eigenvalue weighted by Gasteiger charge is -2.18. The molecule has 0 unspecified atom stereocenters. The molecule has 0 N–H and O–H groups in total. The molecule has 174 valence electrons. The average molecular weight is 471 g/mol. The van der Waals surface area contributed by atoms with Crippen molar-refractivity contribution in [1.29, 1.82) is 0 Å². The third-order valence-electron chi connectivity index (χ3n) is 4.98. The van der Waals surface area contributed by atoms with Crippen LogP contribution in [0.15, 0.2) is 41.4 Å². The minimum absolute atomic E-state index is 0.0697. The van der Waals surface area contributed by atoms with Crippen molar-refractivity contribution in [2.45, 2.75) is 33.2 Å². The van der Waals surface area contributed by atoms with E-state index in [1.165, 1.54) is 11.3 Å². The molecular formula is C24H26N2O6S. The molecule has 1 aliphatic heterocycles. The number of benzene rings is 2. The molecule has 9 heteroatoms. The maximum atomic E-state index is 13.0. The Morgan fingerprint density at radius 2 is 1.91 bits per heavy atom. The predicted octanol–water partition coefficient (Wildman–Crippen LogP) is 3.96. The van der Waals surface area contributed by atoms with Gasteiger partial charge in [-0.15, -0.1) is 0 Å². The highest BCUT2D eigenvalue weighted by molar-refractivity contribution is 7.16. The summed E-state index contributed by atoms with van der Waals surface area (Å²) in [6, 6.07) is 10.6. The van der Waals surface area contributed by atoms with Crippen LogP contribution in [0.4, 0.5) is 0 Å². The van der Waals surface area contributed by atoms with Crippen LogP contribution in [0.5, 0.6) is 17.2 Å². The number of unbranched alkanes of at least 4 members (excludes halogenated alkanes) is 1. The van der Waals surface area contributed by atoms with Crippen LogP contribution in [0.1, 0.15) is 37.0 Å². The van der Waals surface area contributed by atoms with Crippen LogP contribution in [-0.4, -0.2) is 42.9 Å². The monoisotopic (exact) mass is 470 g/mol. The van der Waals surface area contributed by atoms with Gasteiger partial charge < -0.3 is 23.5 Å². The molecule has 0 aliphatic carbocycles. The van der Waals surface area contributed by atoms with Crippen molar-refractivity contribution in [3.8, 4) is 17.2 Å². The number of ether oxygens (including phenoxy) is 4. The molecule has 3 aromatic rings. The van der Waals surface area contributed by atoms with Gasteiger partial charge in [0.15, 0.2) is 16.3 Å². The number of amides is 1. The highest BCUT2D eigenvalue weighted by atomic mass is 32.1. The van der Waals surface area contributed by atoms with E-state index in [0.29, 0.717) is 47.4 Å². The van der Waals surface area contributed by atoms with E-state index < -0.39 is 11.9 Å². The maximum absolute atomic E-state index is 13.0. The number of hydrogen-bond acceptors (Lipinski definition) is 7. The quantitative estimate of drug-likeness (QED) is 0.366. The van der Waals surface area contributed by atoms with Crippen LogP contribution in [-0.2, 0) is 16.1 Å². The van der Waals surface area contributed by atoms with E-state index in [1.807, 2.05) is 18.2 Å². The van der Waals surface area contributed by atoms with Crippen LogP contribution < -0.4 is 19.0 Å². The fourth-order valence-electron chi connectivity index (χ4n) is 3.38. The third-order valence-corrected chi connectivity index (χ3v) is 6.03. The molecule has 0 saturated heterocycles. The Kier molecular flexibility index (Phi) is 7.29. The van der Waals surface area contributed by atoms with E-state index in [0.717, 1.165) is 23.1 Å². The first-order valence-corrected chi connectivity index (χ1v) is 11.8. The smallest absolute Gasteiger partial charge is 0.326 e. The van der Waals surface area contributed by atoms with Crippen molar-refractivity contribution in [3.05, 3.63) is 46.8 Å². The van der Waals surface area contributed by atoms with E-state index >= 15 is 0 Å². The molecule has 0 fully saturated rings. The lowest BCUT2D eigenvalue weighted by molar-refractivity contribution is -0.143. The molecule has 4 rings (SSSR count). The summed E-state index contributed by atoms with van der Waals surface area (Å²) in [6.07, 6.45) is 1.97. The molecular weight excluding hydrogens is 444 g/mol. The highest BCUT2D eigenvalue weighted by Crippen LogP contribution is 2.35. The van der Waals surface area contributed by atoms with Gasteiger partial charge in [-0.3, -0.25) is 9.59 Å². The Bertz CT molecular complexity index is 1230. The Hall–Kier alpha value is -3.33. The number of fused-ring (bicyclic) bond motifs is 2. The first-order valence-electron chi connectivity index (χ1n) is 11.0. The molecule has 0 spiro atoms. The normalized spacial score (nSPS) is 13.2. The standard InChI is InChI=1S/C24H26N2O6S/c1-3-5-9-30-17-8-6-7-16(12-17)23(28)25-24-26(15-22(27)29-4-2)18-13-19-20(14-21(18)33-24)32-11-10-31-19/h6-8,12-14H,3-5,9-11,15H2,1-2H3. The van der Waals surface area contributed by atoms with Crippen LogP contribution >= 0.6 is 11.3 Å². The molecule has 2 heterocycles. The minimum atomic E-state index is -0.419. The zero-order valence-corrected chi connectivity index (χ0v) is 19.5. The summed E-state index contributed by atoms with van der Waals surface area (Å²) in [5.41, 5.74) is 1.13. The van der Waals surface area contributed by atoms with E-state index in [2.05, 4.69) is 11.9 Å². The van der Waals surface area contributed by atoms with Gasteiger partial charge >= 0.3 is 5.97 Å². The van der Waals surface area contributed by atoms with Crippen molar-refractivity contribution in [3.63, 3.8) is 0 Å². The van der Waals surface area contributed by atoms with Gasteiger partial charge in [0.2, 0.25) is 0 Å². The van der Waals surface area contributed by atoms with Crippen molar-refractivity contribution in [2.75, 3.05) is 26.4 Å². The molecule has 0 bridgehead atoms. The van der Waals surface area contributed by atoms with Gasteiger partial charge in [-0.1, -0.05) is 30.7 Å². The Balaban J connectivity index is 1.73. The zero-order chi connectivity index (χ0) is 23.2. The number of aromatic nitrogens is 1. The molecule has 8 nitrogen and oxygen atoms in total. The summed E-state index contributed by atoms with van der Waals surface area (Å²) in [5, 5.41) is 0. The number of hydrogen-bond donors (Lipinski definition) is 0. The second kappa shape index (κ2) is 10.5. The van der Waals surface area contributed by atoms with E-state index in [9.17, 15) is 9.59 Å². The summed E-state index contributed by atoms with van der Waals surface area (Å²) in [4.78, 5) is 30.0. The Labute approximate surface area is 195 Å². The number of esters is 1. The van der Waals surface area contributed by atoms with Gasteiger partial charge in [-0.25, -0.2) is 0 Å². The number of rotatable bonds is 8. The topological polar surface area (TPSA) is 88.4 Å². The number of nitrogens with zero attached hydrogens (tertiary/aromatic N) is 2. The molecule has 1 aromatic heterocycles. The van der Waals surface area contributed by atoms with Crippen LogP contribution in [0.25, 0.3) is 10.2 Å². The molecule has 0 saturated carbocycles. The molecule has 1 aliphatic rings. The second-order valence-electron chi connectivity index (χ2n) is 7.39. The molecule has 0 radical (unpaired) electrons. The Morgan fingerprint density at radius 3 is 2.67 bits per heavy atom. The summed E-state index contributed by atoms with van der Waals surface area (Å²) in [5.74, 6) is 1.03. The second-order valence-corrected chi connectivity index (χ2v) is 8.40. The van der Waals surface area contributed by atoms with E-state index in [4.69, 9.17) is 18.9 Å². The number of thiazole rings is 1. The van der Waals surface area contributed by atoms with Crippen LogP contribution in [0, 0.1) is 0 Å².